The predicted octanol–water partition coefficient (Wildman–Crippen LogP) is 1.41. The van der Waals surface area contributed by atoms with Gasteiger partial charge in [0.2, 0.25) is 0 Å². The van der Waals surface area contributed by atoms with Crippen LogP contribution in [0.4, 0.5) is 0 Å². The Morgan fingerprint density at radius 1 is 1.73 bits per heavy atom. The van der Waals surface area contributed by atoms with Gasteiger partial charge in [-0.2, -0.15) is 5.26 Å². The first-order chi connectivity index (χ1) is 5.11. The van der Waals surface area contributed by atoms with Crippen LogP contribution in [-0.2, 0) is 0 Å². The van der Waals surface area contributed by atoms with Gasteiger partial charge in [0.25, 0.3) is 5.70 Å². The van der Waals surface area contributed by atoms with Gasteiger partial charge in [-0.15, -0.1) is 0 Å². The van der Waals surface area contributed by atoms with Crippen LogP contribution in [0.15, 0.2) is 36.6 Å². The molecule has 56 valence electrons. The van der Waals surface area contributed by atoms with Gasteiger partial charge in [-0.05, 0) is 0 Å². The zero-order chi connectivity index (χ0) is 8.85. The van der Waals surface area contributed by atoms with Gasteiger partial charge in [0.15, 0.2) is 0 Å². The summed E-state index contributed by atoms with van der Waals surface area (Å²) in [6.07, 6.45) is 2.12. The Kier molecular flexibility index (Phi) is 3.32. The zero-order valence-electron chi connectivity index (χ0n) is 5.78. The molecule has 0 aromatic heterocycles. The molecule has 0 radical (unpaired) electrons. The normalized spacial score (nSPS) is 9.91. The summed E-state index contributed by atoms with van der Waals surface area (Å²) in [5.41, 5.74) is -0.187. The minimum Gasteiger partial charge on any atom is -0.258 e. The van der Waals surface area contributed by atoms with Gasteiger partial charge in [-0.3, -0.25) is 10.1 Å². The molecule has 0 spiro atoms. The van der Waals surface area contributed by atoms with Crippen molar-refractivity contribution in [3.8, 4) is 6.07 Å². The van der Waals surface area contributed by atoms with E-state index in [0.717, 1.165) is 12.2 Å². The number of nitrogens with zero attached hydrogens (tertiary/aromatic N) is 2. The van der Waals surface area contributed by atoms with E-state index in [-0.39, 0.29) is 11.3 Å². The molecule has 0 rings (SSSR count). The maximum Gasteiger partial charge on any atom is 0.270 e. The van der Waals surface area contributed by atoms with Crippen molar-refractivity contribution >= 4 is 0 Å². The number of nitriles is 1. The minimum absolute atomic E-state index is 0.0385. The van der Waals surface area contributed by atoms with Crippen LogP contribution in [0, 0.1) is 21.4 Å². The number of nitro groups is 1. The summed E-state index contributed by atoms with van der Waals surface area (Å²) in [7, 11) is 0. The molecule has 0 aliphatic carbocycles. The SMILES string of the molecule is C=C/C(=C\C(=C)C#N)[N+](=O)[O-]. The first-order valence-electron chi connectivity index (χ1n) is 2.69. The molecule has 0 saturated heterocycles. The van der Waals surface area contributed by atoms with Gasteiger partial charge >= 0.3 is 0 Å². The maximum absolute atomic E-state index is 10.1. The van der Waals surface area contributed by atoms with E-state index < -0.39 is 4.92 Å². The van der Waals surface area contributed by atoms with Crippen LogP contribution >= 0.6 is 0 Å². The average molecular weight is 150 g/mol. The predicted molar refractivity (Wildman–Crippen MR) is 40.0 cm³/mol. The van der Waals surface area contributed by atoms with Crippen LogP contribution in [0.2, 0.25) is 0 Å². The second-order valence-electron chi connectivity index (χ2n) is 1.67. The van der Waals surface area contributed by atoms with Crippen molar-refractivity contribution in [3.05, 3.63) is 46.7 Å². The van der Waals surface area contributed by atoms with Crippen molar-refractivity contribution in [2.24, 2.45) is 0 Å². The van der Waals surface area contributed by atoms with E-state index in [2.05, 4.69) is 13.2 Å². The highest BCUT2D eigenvalue weighted by Gasteiger charge is 2.03. The molecule has 4 heteroatoms. The van der Waals surface area contributed by atoms with Crippen LogP contribution < -0.4 is 0 Å². The van der Waals surface area contributed by atoms with Crippen LogP contribution in [0.25, 0.3) is 0 Å². The molecule has 11 heavy (non-hydrogen) atoms. The second-order valence-corrected chi connectivity index (χ2v) is 1.67. The molecule has 0 amide bonds. The van der Waals surface area contributed by atoms with E-state index in [4.69, 9.17) is 5.26 Å². The van der Waals surface area contributed by atoms with E-state index >= 15 is 0 Å². The highest BCUT2D eigenvalue weighted by Crippen LogP contribution is 2.00. The van der Waals surface area contributed by atoms with E-state index in [9.17, 15) is 10.1 Å². The van der Waals surface area contributed by atoms with Crippen LogP contribution in [0.1, 0.15) is 0 Å². The monoisotopic (exact) mass is 150 g/mol. The fourth-order valence-electron chi connectivity index (χ4n) is 0.397. The van der Waals surface area contributed by atoms with E-state index in [0.29, 0.717) is 0 Å². The molecule has 0 bridgehead atoms. The molecule has 0 atom stereocenters. The van der Waals surface area contributed by atoms with Crippen LogP contribution in [0.5, 0.6) is 0 Å². The molecule has 0 aliphatic rings. The summed E-state index contributed by atoms with van der Waals surface area (Å²) in [4.78, 5) is 9.47. The average Bonchev–Trinajstić information content (AvgIpc) is 1.99. The largest absolute Gasteiger partial charge is 0.270 e. The molecule has 0 aromatic carbocycles. The van der Waals surface area contributed by atoms with Crippen molar-refractivity contribution < 1.29 is 4.92 Å². The fourth-order valence-corrected chi connectivity index (χ4v) is 0.397. The van der Waals surface area contributed by atoms with Crippen molar-refractivity contribution in [3.63, 3.8) is 0 Å². The summed E-state index contributed by atoms with van der Waals surface area (Å²) >= 11 is 0. The third-order valence-corrected chi connectivity index (χ3v) is 0.886. The van der Waals surface area contributed by atoms with Crippen molar-refractivity contribution in [2.75, 3.05) is 0 Å². The van der Waals surface area contributed by atoms with E-state index in [1.165, 1.54) is 0 Å². The molecule has 0 aliphatic heterocycles. The molecule has 0 saturated carbocycles. The second kappa shape index (κ2) is 4.01. The molecule has 4 nitrogen and oxygen atoms in total. The Morgan fingerprint density at radius 2 is 2.27 bits per heavy atom. The standard InChI is InChI=1S/C7H6N2O2/c1-3-7(9(10)11)4-6(2)5-8/h3-4H,1-2H2/b7-4+. The lowest BCUT2D eigenvalue weighted by atomic mass is 10.3. The van der Waals surface area contributed by atoms with Gasteiger partial charge in [-0.1, -0.05) is 13.2 Å². The molecular formula is C7H6N2O2. The zero-order valence-corrected chi connectivity index (χ0v) is 5.78. The topological polar surface area (TPSA) is 66.9 Å². The first-order valence-corrected chi connectivity index (χ1v) is 2.69. The number of allylic oxidation sites excluding steroid dienone is 3. The summed E-state index contributed by atoms with van der Waals surface area (Å²) in [6.45, 7) is 6.46. The van der Waals surface area contributed by atoms with Crippen LogP contribution in [0.3, 0.4) is 0 Å². The lowest BCUT2D eigenvalue weighted by molar-refractivity contribution is -0.419. The Morgan fingerprint density at radius 3 is 2.55 bits per heavy atom. The quantitative estimate of drug-likeness (QED) is 0.264. The number of hydrogen-bond acceptors (Lipinski definition) is 3. The maximum atomic E-state index is 10.1. The van der Waals surface area contributed by atoms with Gasteiger partial charge in [0.1, 0.15) is 0 Å². The Balaban J connectivity index is 4.65. The lowest BCUT2D eigenvalue weighted by Crippen LogP contribution is -1.94. The molecular weight excluding hydrogens is 144 g/mol. The molecule has 0 N–H and O–H groups in total. The summed E-state index contributed by atoms with van der Waals surface area (Å²) in [5, 5.41) is 18.3. The minimum atomic E-state index is -0.629. The first kappa shape index (κ1) is 9.11. The molecule has 0 unspecified atom stereocenters. The van der Waals surface area contributed by atoms with Gasteiger partial charge in [-0.25, -0.2) is 0 Å². The van der Waals surface area contributed by atoms with E-state index in [1.807, 2.05) is 0 Å². The van der Waals surface area contributed by atoms with E-state index in [1.54, 1.807) is 6.07 Å². The van der Waals surface area contributed by atoms with Crippen molar-refractivity contribution in [1.29, 1.82) is 5.26 Å². The summed E-state index contributed by atoms with van der Waals surface area (Å²) in [5.74, 6) is 0. The summed E-state index contributed by atoms with van der Waals surface area (Å²) < 4.78 is 0. The Labute approximate surface area is 63.9 Å². The third kappa shape index (κ3) is 2.96. The molecule has 0 aromatic rings. The van der Waals surface area contributed by atoms with Gasteiger partial charge in [0.05, 0.1) is 16.6 Å². The van der Waals surface area contributed by atoms with Crippen LogP contribution in [-0.4, -0.2) is 4.92 Å². The van der Waals surface area contributed by atoms with Crippen molar-refractivity contribution in [1.82, 2.24) is 0 Å². The number of hydrogen-bond donors (Lipinski definition) is 0. The smallest absolute Gasteiger partial charge is 0.258 e. The highest BCUT2D eigenvalue weighted by molar-refractivity contribution is 5.33. The third-order valence-electron chi connectivity index (χ3n) is 0.886. The van der Waals surface area contributed by atoms with Gasteiger partial charge in [0, 0.05) is 12.2 Å². The Hall–Kier alpha value is -1.89. The highest BCUT2D eigenvalue weighted by atomic mass is 16.6. The lowest BCUT2D eigenvalue weighted by Gasteiger charge is -1.87. The molecule has 0 heterocycles. The van der Waals surface area contributed by atoms with Gasteiger partial charge < -0.3 is 0 Å². The fraction of sp³-hybridized carbons (Fsp3) is 0. The van der Waals surface area contributed by atoms with Crippen molar-refractivity contribution in [2.45, 2.75) is 0 Å². The number of rotatable bonds is 3. The summed E-state index contributed by atoms with van der Waals surface area (Å²) in [6, 6.07) is 1.66. The molecule has 0 fully saturated rings. The Bertz CT molecular complexity index is 271.